The van der Waals surface area contributed by atoms with Crippen LogP contribution in [0.3, 0.4) is 0 Å². The molecule has 0 spiro atoms. The van der Waals surface area contributed by atoms with Crippen LogP contribution in [0.4, 0.5) is 14.6 Å². The van der Waals surface area contributed by atoms with Gasteiger partial charge in [-0.05, 0) is 6.07 Å². The molecule has 15 heavy (non-hydrogen) atoms. The molecule has 0 aliphatic heterocycles. The number of rotatable bonds is 2. The van der Waals surface area contributed by atoms with E-state index in [1.165, 1.54) is 6.07 Å². The lowest BCUT2D eigenvalue weighted by Gasteiger charge is -2.05. The van der Waals surface area contributed by atoms with E-state index in [0.29, 0.717) is 6.07 Å². The maximum atomic E-state index is 12.2. The monoisotopic (exact) mass is 213 g/mol. The summed E-state index contributed by atoms with van der Waals surface area (Å²) < 4.78 is 24.5. The quantitative estimate of drug-likeness (QED) is 0.767. The highest BCUT2D eigenvalue weighted by atomic mass is 19.3. The molecule has 0 saturated heterocycles. The molecule has 0 aromatic carbocycles. The smallest absolute Gasteiger partial charge is 0.337 e. The van der Waals surface area contributed by atoms with Crippen LogP contribution in [0.1, 0.15) is 28.0 Å². The summed E-state index contributed by atoms with van der Waals surface area (Å²) in [6, 6.07) is 2.14. The Labute approximate surface area is 82.8 Å². The van der Waals surface area contributed by atoms with Crippen LogP contribution < -0.4 is 5.73 Å². The van der Waals surface area contributed by atoms with Gasteiger partial charge in [-0.3, -0.25) is 0 Å². The van der Waals surface area contributed by atoms with Gasteiger partial charge < -0.3 is 10.8 Å². The summed E-state index contributed by atoms with van der Waals surface area (Å²) in [5, 5.41) is 17.2. The molecule has 7 heteroatoms. The Morgan fingerprint density at radius 3 is 2.67 bits per heavy atom. The maximum absolute atomic E-state index is 12.2. The van der Waals surface area contributed by atoms with Gasteiger partial charge in [-0.15, -0.1) is 0 Å². The van der Waals surface area contributed by atoms with Crippen molar-refractivity contribution in [3.05, 3.63) is 22.9 Å². The number of aromatic carboxylic acids is 1. The van der Waals surface area contributed by atoms with E-state index >= 15 is 0 Å². The molecule has 1 aromatic rings. The molecule has 0 saturated carbocycles. The van der Waals surface area contributed by atoms with Gasteiger partial charge in [0.2, 0.25) is 0 Å². The lowest BCUT2D eigenvalue weighted by Crippen LogP contribution is -2.08. The predicted molar refractivity (Wildman–Crippen MR) is 45.3 cm³/mol. The zero-order chi connectivity index (χ0) is 11.6. The molecule has 5 nitrogen and oxygen atoms in total. The van der Waals surface area contributed by atoms with Gasteiger partial charge in [0.25, 0.3) is 6.43 Å². The first-order valence-electron chi connectivity index (χ1n) is 3.69. The fourth-order valence-electron chi connectivity index (χ4n) is 0.983. The number of carboxylic acid groups (broad SMARTS) is 1. The Morgan fingerprint density at radius 1 is 1.67 bits per heavy atom. The van der Waals surface area contributed by atoms with E-state index in [1.54, 1.807) is 0 Å². The molecule has 0 atom stereocenters. The van der Waals surface area contributed by atoms with Gasteiger partial charge in [-0.1, -0.05) is 0 Å². The molecule has 1 aromatic heterocycles. The predicted octanol–water partition coefficient (Wildman–Crippen LogP) is 1.17. The summed E-state index contributed by atoms with van der Waals surface area (Å²) in [5.41, 5.74) is 3.44. The number of nitrogens with zero attached hydrogens (tertiary/aromatic N) is 2. The number of nitrogens with two attached hydrogens (primary N) is 1. The molecule has 0 aliphatic carbocycles. The fraction of sp³-hybridized carbons (Fsp3) is 0.125. The van der Waals surface area contributed by atoms with E-state index in [1.807, 2.05) is 0 Å². The van der Waals surface area contributed by atoms with Crippen LogP contribution in [0.2, 0.25) is 0 Å². The molecule has 0 radical (unpaired) electrons. The first-order chi connectivity index (χ1) is 6.97. The summed E-state index contributed by atoms with van der Waals surface area (Å²) in [6.07, 6.45) is -2.93. The number of pyridine rings is 1. The van der Waals surface area contributed by atoms with E-state index in [-0.39, 0.29) is 0 Å². The number of halogens is 2. The Hall–Kier alpha value is -2.23. The number of carboxylic acids is 1. The molecule has 0 fully saturated rings. The molecule has 1 heterocycles. The Morgan fingerprint density at radius 2 is 2.27 bits per heavy atom. The largest absolute Gasteiger partial charge is 0.478 e. The topological polar surface area (TPSA) is 100 Å². The van der Waals surface area contributed by atoms with Crippen LogP contribution in [0, 0.1) is 11.3 Å². The third-order valence-electron chi connectivity index (χ3n) is 1.63. The van der Waals surface area contributed by atoms with E-state index < -0.39 is 35.0 Å². The minimum absolute atomic E-state index is 0.410. The van der Waals surface area contributed by atoms with Crippen molar-refractivity contribution >= 4 is 11.8 Å². The number of aromatic nitrogens is 1. The van der Waals surface area contributed by atoms with Crippen LogP contribution in [-0.4, -0.2) is 16.1 Å². The van der Waals surface area contributed by atoms with Crippen LogP contribution >= 0.6 is 0 Å². The Balaban J connectivity index is 3.47. The van der Waals surface area contributed by atoms with Crippen molar-refractivity contribution in [2.24, 2.45) is 0 Å². The van der Waals surface area contributed by atoms with E-state index in [4.69, 9.17) is 16.1 Å². The van der Waals surface area contributed by atoms with Gasteiger partial charge in [0.1, 0.15) is 23.1 Å². The molecular formula is C8H5F2N3O2. The van der Waals surface area contributed by atoms with Crippen molar-refractivity contribution < 1.29 is 18.7 Å². The highest BCUT2D eigenvalue weighted by Gasteiger charge is 2.19. The molecule has 3 N–H and O–H groups in total. The van der Waals surface area contributed by atoms with Crippen LogP contribution in [0.25, 0.3) is 0 Å². The summed E-state index contributed by atoms with van der Waals surface area (Å²) in [4.78, 5) is 13.9. The number of anilines is 1. The van der Waals surface area contributed by atoms with Gasteiger partial charge in [0.15, 0.2) is 0 Å². The number of hydrogen-bond donors (Lipinski definition) is 2. The average Bonchev–Trinajstić information content (AvgIpc) is 2.16. The lowest BCUT2D eigenvalue weighted by molar-refractivity contribution is 0.0696. The summed E-state index contributed by atoms with van der Waals surface area (Å²) in [6.45, 7) is 0. The Kier molecular flexibility index (Phi) is 2.80. The van der Waals surface area contributed by atoms with E-state index in [0.717, 1.165) is 0 Å². The summed E-state index contributed by atoms with van der Waals surface area (Å²) in [7, 11) is 0. The minimum atomic E-state index is -2.93. The van der Waals surface area contributed by atoms with Gasteiger partial charge >= 0.3 is 5.97 Å². The SMILES string of the molecule is N#Cc1c(C(=O)O)cc(C(F)F)nc1N. The van der Waals surface area contributed by atoms with E-state index in [2.05, 4.69) is 4.98 Å². The molecular weight excluding hydrogens is 208 g/mol. The third kappa shape index (κ3) is 1.99. The van der Waals surface area contributed by atoms with Crippen molar-refractivity contribution in [2.75, 3.05) is 5.73 Å². The van der Waals surface area contributed by atoms with Crippen LogP contribution in [0.15, 0.2) is 6.07 Å². The van der Waals surface area contributed by atoms with Crippen molar-refractivity contribution in [3.63, 3.8) is 0 Å². The maximum Gasteiger partial charge on any atom is 0.337 e. The molecule has 1 rings (SSSR count). The molecule has 0 bridgehead atoms. The molecule has 0 unspecified atom stereocenters. The molecule has 0 amide bonds. The standard InChI is InChI=1S/C8H5F2N3O2/c9-6(10)5-1-3(8(14)15)4(2-11)7(12)13-5/h1,6H,(H2,12,13)(H,14,15). The van der Waals surface area contributed by atoms with Gasteiger partial charge in [-0.25, -0.2) is 18.6 Å². The number of nitriles is 1. The number of carbonyl (C=O) groups is 1. The second kappa shape index (κ2) is 3.88. The zero-order valence-corrected chi connectivity index (χ0v) is 7.24. The first-order valence-corrected chi connectivity index (χ1v) is 3.69. The van der Waals surface area contributed by atoms with Crippen molar-refractivity contribution in [3.8, 4) is 6.07 Å². The zero-order valence-electron chi connectivity index (χ0n) is 7.24. The highest BCUT2D eigenvalue weighted by Crippen LogP contribution is 2.22. The van der Waals surface area contributed by atoms with Crippen molar-refractivity contribution in [1.82, 2.24) is 4.98 Å². The number of hydrogen-bond acceptors (Lipinski definition) is 4. The summed E-state index contributed by atoms with van der Waals surface area (Å²) >= 11 is 0. The third-order valence-corrected chi connectivity index (χ3v) is 1.63. The van der Waals surface area contributed by atoms with Crippen LogP contribution in [0.5, 0.6) is 0 Å². The highest BCUT2D eigenvalue weighted by molar-refractivity contribution is 5.92. The number of alkyl halides is 2. The van der Waals surface area contributed by atoms with Crippen LogP contribution in [-0.2, 0) is 0 Å². The average molecular weight is 213 g/mol. The lowest BCUT2D eigenvalue weighted by atomic mass is 10.1. The second-order valence-electron chi connectivity index (χ2n) is 2.57. The second-order valence-corrected chi connectivity index (χ2v) is 2.57. The molecule has 78 valence electrons. The number of nitrogen functional groups attached to an aromatic ring is 1. The normalized spacial score (nSPS) is 10.0. The minimum Gasteiger partial charge on any atom is -0.478 e. The molecule has 0 aliphatic rings. The first kappa shape index (κ1) is 10.8. The van der Waals surface area contributed by atoms with Gasteiger partial charge in [-0.2, -0.15) is 5.26 Å². The van der Waals surface area contributed by atoms with Crippen molar-refractivity contribution in [1.29, 1.82) is 5.26 Å². The van der Waals surface area contributed by atoms with Crippen molar-refractivity contribution in [2.45, 2.75) is 6.43 Å². The Bertz CT molecular complexity index is 454. The summed E-state index contributed by atoms with van der Waals surface area (Å²) in [5.74, 6) is -2.00. The van der Waals surface area contributed by atoms with Gasteiger partial charge in [0.05, 0.1) is 5.56 Å². The fourth-order valence-corrected chi connectivity index (χ4v) is 0.983. The van der Waals surface area contributed by atoms with E-state index in [9.17, 15) is 13.6 Å². The van der Waals surface area contributed by atoms with Gasteiger partial charge in [0, 0.05) is 0 Å².